The summed E-state index contributed by atoms with van der Waals surface area (Å²) in [6.07, 6.45) is 0. The fourth-order valence-corrected chi connectivity index (χ4v) is 2.47. The maximum absolute atomic E-state index is 12.4. The molecule has 0 heterocycles. The van der Waals surface area contributed by atoms with Crippen LogP contribution < -0.4 is 11.1 Å². The van der Waals surface area contributed by atoms with Gasteiger partial charge in [0.05, 0.1) is 10.7 Å². The SMILES string of the molecule is Cc1cc(C)c(C(=O)Nc2ccc(Cl)c(N)c2)c(C)c1. The highest BCUT2D eigenvalue weighted by Gasteiger charge is 2.13. The molecule has 20 heavy (non-hydrogen) atoms. The molecule has 1 amide bonds. The number of nitrogen functional groups attached to an aromatic ring is 1. The number of anilines is 2. The summed E-state index contributed by atoms with van der Waals surface area (Å²) in [6.45, 7) is 5.89. The van der Waals surface area contributed by atoms with E-state index in [0.29, 0.717) is 22.0 Å². The largest absolute Gasteiger partial charge is 0.397 e. The highest BCUT2D eigenvalue weighted by Crippen LogP contribution is 2.24. The summed E-state index contributed by atoms with van der Waals surface area (Å²) in [5.41, 5.74) is 10.6. The minimum atomic E-state index is -0.137. The third-order valence-electron chi connectivity index (χ3n) is 3.16. The van der Waals surface area contributed by atoms with E-state index in [1.807, 2.05) is 32.9 Å². The normalized spacial score (nSPS) is 10.4. The van der Waals surface area contributed by atoms with Crippen molar-refractivity contribution in [2.24, 2.45) is 0 Å². The standard InChI is InChI=1S/C16H17ClN2O/c1-9-6-10(2)15(11(3)7-9)16(20)19-12-4-5-13(17)14(18)8-12/h4-8H,18H2,1-3H3,(H,19,20). The molecule has 0 spiro atoms. The highest BCUT2D eigenvalue weighted by molar-refractivity contribution is 6.33. The number of benzene rings is 2. The molecule has 0 fully saturated rings. The van der Waals surface area contributed by atoms with Gasteiger partial charge in [0.1, 0.15) is 0 Å². The minimum absolute atomic E-state index is 0.137. The number of aryl methyl sites for hydroxylation is 3. The Bertz CT molecular complexity index is 657. The van der Waals surface area contributed by atoms with E-state index in [-0.39, 0.29) is 5.91 Å². The number of hydrogen-bond donors (Lipinski definition) is 2. The summed E-state index contributed by atoms with van der Waals surface area (Å²) >= 11 is 5.86. The fourth-order valence-electron chi connectivity index (χ4n) is 2.35. The molecule has 0 aromatic heterocycles. The molecule has 3 N–H and O–H groups in total. The van der Waals surface area contributed by atoms with Crippen molar-refractivity contribution in [3.63, 3.8) is 0 Å². The Hall–Kier alpha value is -2.00. The summed E-state index contributed by atoms with van der Waals surface area (Å²) in [4.78, 5) is 12.4. The zero-order valence-electron chi connectivity index (χ0n) is 11.8. The molecule has 0 bridgehead atoms. The van der Waals surface area contributed by atoms with Gasteiger partial charge in [-0.3, -0.25) is 4.79 Å². The monoisotopic (exact) mass is 288 g/mol. The molecule has 104 valence electrons. The number of amides is 1. The molecule has 4 heteroatoms. The molecule has 2 aromatic rings. The van der Waals surface area contributed by atoms with E-state index < -0.39 is 0 Å². The van der Waals surface area contributed by atoms with Crippen LogP contribution in [0.1, 0.15) is 27.0 Å². The van der Waals surface area contributed by atoms with Gasteiger partial charge in [-0.25, -0.2) is 0 Å². The van der Waals surface area contributed by atoms with Gasteiger partial charge in [-0.1, -0.05) is 29.3 Å². The third kappa shape index (κ3) is 2.94. The second-order valence-corrected chi connectivity index (χ2v) is 5.37. The van der Waals surface area contributed by atoms with E-state index in [9.17, 15) is 4.79 Å². The van der Waals surface area contributed by atoms with Crippen LogP contribution in [0.2, 0.25) is 5.02 Å². The van der Waals surface area contributed by atoms with Gasteiger partial charge < -0.3 is 11.1 Å². The van der Waals surface area contributed by atoms with Crippen LogP contribution in [0, 0.1) is 20.8 Å². The predicted molar refractivity (Wildman–Crippen MR) is 84.5 cm³/mol. The van der Waals surface area contributed by atoms with Crippen molar-refractivity contribution in [3.05, 3.63) is 57.6 Å². The molecule has 3 nitrogen and oxygen atoms in total. The Morgan fingerprint density at radius 2 is 1.70 bits per heavy atom. The first kappa shape index (κ1) is 14.4. The average Bonchev–Trinajstić information content (AvgIpc) is 2.32. The molecule has 0 aliphatic heterocycles. The molecule has 0 atom stereocenters. The van der Waals surface area contributed by atoms with E-state index >= 15 is 0 Å². The lowest BCUT2D eigenvalue weighted by molar-refractivity contribution is 0.102. The van der Waals surface area contributed by atoms with E-state index in [0.717, 1.165) is 16.7 Å². The molecule has 0 saturated heterocycles. The number of halogens is 1. The van der Waals surface area contributed by atoms with Crippen LogP contribution in [0.3, 0.4) is 0 Å². The first-order chi connectivity index (χ1) is 9.38. The van der Waals surface area contributed by atoms with Gasteiger partial charge in [0.2, 0.25) is 0 Å². The second-order valence-electron chi connectivity index (χ2n) is 4.96. The van der Waals surface area contributed by atoms with Crippen molar-refractivity contribution in [2.75, 3.05) is 11.1 Å². The van der Waals surface area contributed by atoms with Crippen LogP contribution in [0.15, 0.2) is 30.3 Å². The minimum Gasteiger partial charge on any atom is -0.397 e. The second kappa shape index (κ2) is 5.55. The lowest BCUT2D eigenvalue weighted by Crippen LogP contribution is -2.15. The molecule has 2 rings (SSSR count). The molecule has 0 radical (unpaired) electrons. The number of rotatable bonds is 2. The maximum atomic E-state index is 12.4. The summed E-state index contributed by atoms with van der Waals surface area (Å²) in [6, 6.07) is 9.05. The van der Waals surface area contributed by atoms with Crippen molar-refractivity contribution in [2.45, 2.75) is 20.8 Å². The molecule has 0 unspecified atom stereocenters. The number of carbonyl (C=O) groups is 1. The lowest BCUT2D eigenvalue weighted by atomic mass is 9.99. The van der Waals surface area contributed by atoms with Gasteiger partial charge in [-0.15, -0.1) is 0 Å². The molecule has 2 aromatic carbocycles. The lowest BCUT2D eigenvalue weighted by Gasteiger charge is -2.12. The van der Waals surface area contributed by atoms with Crippen LogP contribution in [-0.2, 0) is 0 Å². The zero-order chi connectivity index (χ0) is 14.9. The Kier molecular flexibility index (Phi) is 4.00. The van der Waals surface area contributed by atoms with Crippen molar-refractivity contribution >= 4 is 28.9 Å². The third-order valence-corrected chi connectivity index (χ3v) is 3.50. The van der Waals surface area contributed by atoms with Gasteiger partial charge in [0, 0.05) is 11.3 Å². The van der Waals surface area contributed by atoms with E-state index in [4.69, 9.17) is 17.3 Å². The Morgan fingerprint density at radius 3 is 2.25 bits per heavy atom. The quantitative estimate of drug-likeness (QED) is 0.818. The van der Waals surface area contributed by atoms with Crippen LogP contribution in [0.4, 0.5) is 11.4 Å². The summed E-state index contributed by atoms with van der Waals surface area (Å²) in [5.74, 6) is -0.137. The number of nitrogens with one attached hydrogen (secondary N) is 1. The first-order valence-corrected chi connectivity index (χ1v) is 6.70. The van der Waals surface area contributed by atoms with Crippen LogP contribution in [0.25, 0.3) is 0 Å². The van der Waals surface area contributed by atoms with Gasteiger partial charge in [0.15, 0.2) is 0 Å². The zero-order valence-corrected chi connectivity index (χ0v) is 12.5. The van der Waals surface area contributed by atoms with E-state index in [2.05, 4.69) is 5.32 Å². The van der Waals surface area contributed by atoms with Crippen molar-refractivity contribution in [1.82, 2.24) is 0 Å². The smallest absolute Gasteiger partial charge is 0.256 e. The van der Waals surface area contributed by atoms with Gasteiger partial charge >= 0.3 is 0 Å². The molecule has 0 aliphatic rings. The van der Waals surface area contributed by atoms with Crippen LogP contribution in [-0.4, -0.2) is 5.91 Å². The summed E-state index contributed by atoms with van der Waals surface area (Å²) < 4.78 is 0. The van der Waals surface area contributed by atoms with E-state index in [1.165, 1.54) is 0 Å². The number of carbonyl (C=O) groups excluding carboxylic acids is 1. The Morgan fingerprint density at radius 1 is 1.10 bits per heavy atom. The number of nitrogens with two attached hydrogens (primary N) is 1. The van der Waals surface area contributed by atoms with Crippen molar-refractivity contribution < 1.29 is 4.79 Å². The van der Waals surface area contributed by atoms with Crippen LogP contribution >= 0.6 is 11.6 Å². The van der Waals surface area contributed by atoms with Crippen molar-refractivity contribution in [3.8, 4) is 0 Å². The molecular formula is C16H17ClN2O. The summed E-state index contributed by atoms with van der Waals surface area (Å²) in [5, 5.41) is 3.33. The maximum Gasteiger partial charge on any atom is 0.256 e. The molecule has 0 aliphatic carbocycles. The number of hydrogen-bond acceptors (Lipinski definition) is 2. The molecule has 0 saturated carbocycles. The summed E-state index contributed by atoms with van der Waals surface area (Å²) in [7, 11) is 0. The van der Waals surface area contributed by atoms with Gasteiger partial charge in [-0.2, -0.15) is 0 Å². The Balaban J connectivity index is 2.31. The predicted octanol–water partition coefficient (Wildman–Crippen LogP) is 4.10. The van der Waals surface area contributed by atoms with Crippen molar-refractivity contribution in [1.29, 1.82) is 0 Å². The topological polar surface area (TPSA) is 55.1 Å². The molecular weight excluding hydrogens is 272 g/mol. The van der Waals surface area contributed by atoms with Gasteiger partial charge in [-0.05, 0) is 50.1 Å². The first-order valence-electron chi connectivity index (χ1n) is 6.32. The van der Waals surface area contributed by atoms with E-state index in [1.54, 1.807) is 18.2 Å². The van der Waals surface area contributed by atoms with Gasteiger partial charge in [0.25, 0.3) is 5.91 Å². The fraction of sp³-hybridized carbons (Fsp3) is 0.188. The highest BCUT2D eigenvalue weighted by atomic mass is 35.5. The average molecular weight is 289 g/mol. The van der Waals surface area contributed by atoms with Crippen LogP contribution in [0.5, 0.6) is 0 Å². The Labute approximate surface area is 123 Å².